The first-order valence-corrected chi connectivity index (χ1v) is 6.15. The van der Waals surface area contributed by atoms with E-state index in [0.29, 0.717) is 23.1 Å². The summed E-state index contributed by atoms with van der Waals surface area (Å²) in [5.41, 5.74) is 7.08. The molecule has 0 saturated heterocycles. The van der Waals surface area contributed by atoms with E-state index in [2.05, 4.69) is 18.8 Å². The van der Waals surface area contributed by atoms with Crippen LogP contribution in [-0.4, -0.2) is 10.8 Å². The maximum atomic E-state index is 7.47. The molecule has 0 aliphatic carbocycles. The van der Waals surface area contributed by atoms with E-state index in [4.69, 9.17) is 15.9 Å². The Hall–Kier alpha value is -2.36. The molecule has 1 heterocycles. The fraction of sp³-hybridized carbons (Fsp3) is 0.200. The Bertz CT molecular complexity index is 576. The third-order valence-electron chi connectivity index (χ3n) is 2.80. The zero-order valence-corrected chi connectivity index (χ0v) is 11.1. The topological polar surface area (TPSA) is 72.0 Å². The van der Waals surface area contributed by atoms with Gasteiger partial charge in [0.25, 0.3) is 0 Å². The number of amidine groups is 1. The molecule has 2 aromatic rings. The average Bonchev–Trinajstić information content (AvgIpc) is 2.39. The molecule has 0 aliphatic heterocycles. The summed E-state index contributed by atoms with van der Waals surface area (Å²) < 4.78 is 5.72. The molecule has 1 aromatic carbocycles. The van der Waals surface area contributed by atoms with Crippen LogP contribution in [0.5, 0.6) is 11.5 Å². The molecule has 4 nitrogen and oxygen atoms in total. The van der Waals surface area contributed by atoms with E-state index in [1.165, 1.54) is 5.56 Å². The highest BCUT2D eigenvalue weighted by Crippen LogP contribution is 2.25. The van der Waals surface area contributed by atoms with Crippen LogP contribution >= 0.6 is 0 Å². The second kappa shape index (κ2) is 5.52. The Kier molecular flexibility index (Phi) is 3.80. The smallest absolute Gasteiger partial charge is 0.156 e. The highest BCUT2D eigenvalue weighted by molar-refractivity contribution is 5.95. The molecular weight excluding hydrogens is 238 g/mol. The number of nitrogens with one attached hydrogen (secondary N) is 1. The van der Waals surface area contributed by atoms with Crippen LogP contribution in [0.15, 0.2) is 42.6 Å². The maximum Gasteiger partial charge on any atom is 0.156 e. The van der Waals surface area contributed by atoms with Crippen LogP contribution < -0.4 is 10.5 Å². The van der Waals surface area contributed by atoms with Crippen LogP contribution in [0.1, 0.15) is 31.0 Å². The lowest BCUT2D eigenvalue weighted by molar-refractivity contribution is 0.478. The third-order valence-corrected chi connectivity index (χ3v) is 2.80. The van der Waals surface area contributed by atoms with Crippen molar-refractivity contribution in [2.45, 2.75) is 19.8 Å². The van der Waals surface area contributed by atoms with Crippen LogP contribution in [0.3, 0.4) is 0 Å². The van der Waals surface area contributed by atoms with Crippen molar-refractivity contribution in [1.82, 2.24) is 4.98 Å². The van der Waals surface area contributed by atoms with E-state index in [9.17, 15) is 0 Å². The van der Waals surface area contributed by atoms with Gasteiger partial charge in [0, 0.05) is 6.20 Å². The maximum absolute atomic E-state index is 7.47. The van der Waals surface area contributed by atoms with E-state index >= 15 is 0 Å². The first-order valence-electron chi connectivity index (χ1n) is 6.15. The second-order valence-electron chi connectivity index (χ2n) is 4.59. The minimum atomic E-state index is -0.102. The van der Waals surface area contributed by atoms with Crippen LogP contribution in [0, 0.1) is 5.41 Å². The molecule has 0 bridgehead atoms. The number of nitrogens with zero attached hydrogens (tertiary/aromatic N) is 1. The largest absolute Gasteiger partial charge is 0.455 e. The van der Waals surface area contributed by atoms with Gasteiger partial charge >= 0.3 is 0 Å². The molecule has 0 saturated carbocycles. The normalized spacial score (nSPS) is 10.5. The van der Waals surface area contributed by atoms with Gasteiger partial charge in [-0.2, -0.15) is 0 Å². The molecular formula is C15H17N3O. The molecule has 98 valence electrons. The number of nitrogen functional groups attached to an aromatic ring is 1. The van der Waals surface area contributed by atoms with Crippen molar-refractivity contribution in [3.63, 3.8) is 0 Å². The standard InChI is InChI=1S/C15H17N3O/c1-10(2)11-5-7-12(8-6-11)19-13-4-3-9-18-14(13)15(16)17/h3-10H,1-2H3,(H3,16,17). The van der Waals surface area contributed by atoms with Crippen molar-refractivity contribution in [2.24, 2.45) is 5.73 Å². The Morgan fingerprint density at radius 1 is 1.21 bits per heavy atom. The zero-order chi connectivity index (χ0) is 13.8. The van der Waals surface area contributed by atoms with Crippen LogP contribution in [-0.2, 0) is 0 Å². The molecule has 4 heteroatoms. The number of hydrogen-bond acceptors (Lipinski definition) is 3. The number of benzene rings is 1. The minimum absolute atomic E-state index is 0.102. The van der Waals surface area contributed by atoms with E-state index < -0.39 is 0 Å². The lowest BCUT2D eigenvalue weighted by atomic mass is 10.0. The molecule has 2 rings (SSSR count). The molecule has 0 unspecified atom stereocenters. The molecule has 0 radical (unpaired) electrons. The SMILES string of the molecule is CC(C)c1ccc(Oc2cccnc2C(=N)N)cc1. The second-order valence-corrected chi connectivity index (χ2v) is 4.59. The predicted molar refractivity (Wildman–Crippen MR) is 75.9 cm³/mol. The summed E-state index contributed by atoms with van der Waals surface area (Å²) >= 11 is 0. The predicted octanol–water partition coefficient (Wildman–Crippen LogP) is 3.28. The summed E-state index contributed by atoms with van der Waals surface area (Å²) in [6.45, 7) is 4.29. The van der Waals surface area contributed by atoms with Crippen LogP contribution in [0.25, 0.3) is 0 Å². The summed E-state index contributed by atoms with van der Waals surface area (Å²) in [6, 6.07) is 11.4. The van der Waals surface area contributed by atoms with Gasteiger partial charge in [-0.1, -0.05) is 26.0 Å². The van der Waals surface area contributed by atoms with Crippen LogP contribution in [0.4, 0.5) is 0 Å². The third kappa shape index (κ3) is 3.10. The number of aromatic nitrogens is 1. The van der Waals surface area contributed by atoms with Crippen molar-refractivity contribution in [2.75, 3.05) is 0 Å². The van der Waals surface area contributed by atoms with Crippen molar-refractivity contribution < 1.29 is 4.74 Å². The van der Waals surface area contributed by atoms with Gasteiger partial charge in [0.2, 0.25) is 0 Å². The van der Waals surface area contributed by atoms with E-state index in [0.717, 1.165) is 0 Å². The van der Waals surface area contributed by atoms with Crippen molar-refractivity contribution in [3.8, 4) is 11.5 Å². The van der Waals surface area contributed by atoms with Crippen molar-refractivity contribution >= 4 is 5.84 Å². The highest BCUT2D eigenvalue weighted by atomic mass is 16.5. The molecule has 3 N–H and O–H groups in total. The van der Waals surface area contributed by atoms with Gasteiger partial charge < -0.3 is 10.5 Å². The fourth-order valence-electron chi connectivity index (χ4n) is 1.72. The quantitative estimate of drug-likeness (QED) is 0.650. The Labute approximate surface area is 112 Å². The van der Waals surface area contributed by atoms with Crippen LogP contribution in [0.2, 0.25) is 0 Å². The van der Waals surface area contributed by atoms with Gasteiger partial charge in [-0.25, -0.2) is 4.98 Å². The molecule has 0 atom stereocenters. The first-order chi connectivity index (χ1) is 9.08. The Balaban J connectivity index is 2.24. The highest BCUT2D eigenvalue weighted by Gasteiger charge is 2.08. The zero-order valence-electron chi connectivity index (χ0n) is 11.1. The summed E-state index contributed by atoms with van der Waals surface area (Å²) in [4.78, 5) is 4.05. The van der Waals surface area contributed by atoms with E-state index in [1.807, 2.05) is 24.3 Å². The summed E-state index contributed by atoms with van der Waals surface area (Å²) in [5, 5.41) is 7.47. The molecule has 19 heavy (non-hydrogen) atoms. The summed E-state index contributed by atoms with van der Waals surface area (Å²) in [7, 11) is 0. The monoisotopic (exact) mass is 255 g/mol. The van der Waals surface area contributed by atoms with E-state index in [1.54, 1.807) is 18.3 Å². The number of pyridine rings is 1. The number of nitrogens with two attached hydrogens (primary N) is 1. The molecule has 0 spiro atoms. The number of hydrogen-bond donors (Lipinski definition) is 2. The lowest BCUT2D eigenvalue weighted by Gasteiger charge is -2.10. The van der Waals surface area contributed by atoms with Gasteiger partial charge in [0.1, 0.15) is 17.3 Å². The van der Waals surface area contributed by atoms with Crippen molar-refractivity contribution in [1.29, 1.82) is 5.41 Å². The summed E-state index contributed by atoms with van der Waals surface area (Å²) in [6.07, 6.45) is 1.59. The summed E-state index contributed by atoms with van der Waals surface area (Å²) in [5.74, 6) is 1.59. The van der Waals surface area contributed by atoms with Gasteiger partial charge in [-0.3, -0.25) is 5.41 Å². The lowest BCUT2D eigenvalue weighted by Crippen LogP contribution is -2.14. The molecule has 0 amide bonds. The number of rotatable bonds is 4. The van der Waals surface area contributed by atoms with Crippen molar-refractivity contribution in [3.05, 3.63) is 53.9 Å². The Morgan fingerprint density at radius 2 is 1.89 bits per heavy atom. The minimum Gasteiger partial charge on any atom is -0.455 e. The van der Waals surface area contributed by atoms with E-state index in [-0.39, 0.29) is 5.84 Å². The first kappa shape index (κ1) is 13.1. The fourth-order valence-corrected chi connectivity index (χ4v) is 1.72. The molecule has 0 fully saturated rings. The van der Waals surface area contributed by atoms with Gasteiger partial charge in [0.15, 0.2) is 5.75 Å². The van der Waals surface area contributed by atoms with Gasteiger partial charge in [-0.05, 0) is 35.7 Å². The average molecular weight is 255 g/mol. The van der Waals surface area contributed by atoms with Gasteiger partial charge in [0.05, 0.1) is 0 Å². The Morgan fingerprint density at radius 3 is 2.47 bits per heavy atom. The number of ether oxygens (including phenoxy) is 1. The van der Waals surface area contributed by atoms with Gasteiger partial charge in [-0.15, -0.1) is 0 Å². The molecule has 0 aliphatic rings. The molecule has 1 aromatic heterocycles.